The van der Waals surface area contributed by atoms with Crippen molar-refractivity contribution in [2.75, 3.05) is 6.61 Å². The third-order valence-corrected chi connectivity index (χ3v) is 2.32. The minimum atomic E-state index is -0.448. The molecule has 1 aliphatic rings. The van der Waals surface area contributed by atoms with Crippen molar-refractivity contribution in [3.8, 4) is 0 Å². The second kappa shape index (κ2) is 7.22. The summed E-state index contributed by atoms with van der Waals surface area (Å²) in [6.07, 6.45) is 1.06. The van der Waals surface area contributed by atoms with Crippen LogP contribution in [0, 0.1) is 0 Å². The topological polar surface area (TPSA) is 70.8 Å². The molecule has 0 spiro atoms. The van der Waals surface area contributed by atoms with Crippen molar-refractivity contribution in [2.45, 2.75) is 78.4 Å². The van der Waals surface area contributed by atoms with E-state index in [1.807, 2.05) is 41.5 Å². The molecule has 19 heavy (non-hydrogen) atoms. The van der Waals surface area contributed by atoms with Crippen molar-refractivity contribution in [3.05, 3.63) is 0 Å². The molecule has 0 aliphatic carbocycles. The van der Waals surface area contributed by atoms with Gasteiger partial charge >= 0.3 is 5.97 Å². The molecule has 0 aromatic rings. The van der Waals surface area contributed by atoms with Gasteiger partial charge in [0.2, 0.25) is 0 Å². The summed E-state index contributed by atoms with van der Waals surface area (Å²) in [5, 5.41) is 0. The molecule has 114 valence electrons. The molecule has 0 saturated carbocycles. The number of hydrogen-bond donors (Lipinski definition) is 1. The SMILES string of the molecule is CC(=O)OC(C)(C)C.CC(N)C1CCOC(C)(C)O1. The van der Waals surface area contributed by atoms with Gasteiger partial charge in [-0.05, 0) is 48.0 Å². The number of carbonyl (C=O) groups excluding carboxylic acids is 1. The average molecular weight is 275 g/mol. The van der Waals surface area contributed by atoms with Gasteiger partial charge < -0.3 is 19.9 Å². The number of esters is 1. The molecule has 0 aromatic carbocycles. The van der Waals surface area contributed by atoms with E-state index in [2.05, 4.69) is 0 Å². The van der Waals surface area contributed by atoms with E-state index in [9.17, 15) is 4.79 Å². The molecule has 0 aromatic heterocycles. The zero-order valence-electron chi connectivity index (χ0n) is 13.3. The standard InChI is InChI=1S/C8H17NO2.C6H12O2/c1-6(9)7-4-5-10-8(2,3)11-7;1-5(7)8-6(2,3)4/h6-7H,4-5,9H2,1-3H3;1-4H3. The van der Waals surface area contributed by atoms with Gasteiger partial charge in [0.15, 0.2) is 5.79 Å². The van der Waals surface area contributed by atoms with Crippen LogP contribution < -0.4 is 5.73 Å². The molecule has 0 bridgehead atoms. The molecule has 0 amide bonds. The molecule has 2 unspecified atom stereocenters. The van der Waals surface area contributed by atoms with E-state index in [1.54, 1.807) is 0 Å². The third-order valence-electron chi connectivity index (χ3n) is 2.32. The lowest BCUT2D eigenvalue weighted by Crippen LogP contribution is -2.46. The molecule has 5 nitrogen and oxygen atoms in total. The maximum Gasteiger partial charge on any atom is 0.303 e. The number of nitrogens with two attached hydrogens (primary N) is 1. The number of carbonyl (C=O) groups is 1. The maximum absolute atomic E-state index is 10.2. The van der Waals surface area contributed by atoms with Gasteiger partial charge in [0, 0.05) is 13.0 Å². The number of hydrogen-bond acceptors (Lipinski definition) is 5. The summed E-state index contributed by atoms with van der Waals surface area (Å²) in [6, 6.07) is 0.0955. The van der Waals surface area contributed by atoms with Crippen LogP contribution in [0.25, 0.3) is 0 Å². The molecule has 1 heterocycles. The third kappa shape index (κ3) is 9.87. The van der Waals surface area contributed by atoms with E-state index in [0.29, 0.717) is 0 Å². The lowest BCUT2D eigenvalue weighted by atomic mass is 10.1. The predicted octanol–water partition coefficient (Wildman–Crippen LogP) is 2.22. The highest BCUT2D eigenvalue weighted by molar-refractivity contribution is 5.66. The second-order valence-electron chi connectivity index (χ2n) is 6.26. The molecule has 0 radical (unpaired) electrons. The Hall–Kier alpha value is -0.650. The first kappa shape index (κ1) is 18.4. The minimum absolute atomic E-state index is 0.0955. The molecule has 5 heteroatoms. The predicted molar refractivity (Wildman–Crippen MR) is 74.7 cm³/mol. The smallest absolute Gasteiger partial charge is 0.303 e. The first-order valence-electron chi connectivity index (χ1n) is 6.70. The second-order valence-corrected chi connectivity index (χ2v) is 6.26. The van der Waals surface area contributed by atoms with Crippen LogP contribution in [-0.4, -0.2) is 36.1 Å². The van der Waals surface area contributed by atoms with Gasteiger partial charge in [-0.3, -0.25) is 4.79 Å². The summed E-state index contributed by atoms with van der Waals surface area (Å²) < 4.78 is 15.8. The first-order valence-corrected chi connectivity index (χ1v) is 6.70. The normalized spacial score (nSPS) is 23.9. The Balaban J connectivity index is 0.000000362. The monoisotopic (exact) mass is 275 g/mol. The highest BCUT2D eigenvalue weighted by atomic mass is 16.7. The average Bonchev–Trinajstić information content (AvgIpc) is 2.12. The Morgan fingerprint density at radius 2 is 1.95 bits per heavy atom. The van der Waals surface area contributed by atoms with Crippen LogP contribution >= 0.6 is 0 Å². The van der Waals surface area contributed by atoms with Crippen molar-refractivity contribution >= 4 is 5.97 Å². The summed E-state index contributed by atoms with van der Waals surface area (Å²) >= 11 is 0. The van der Waals surface area contributed by atoms with Crippen molar-refractivity contribution in [3.63, 3.8) is 0 Å². The van der Waals surface area contributed by atoms with Gasteiger partial charge in [0.25, 0.3) is 0 Å². The molecular weight excluding hydrogens is 246 g/mol. The fraction of sp³-hybridized carbons (Fsp3) is 0.929. The fourth-order valence-corrected chi connectivity index (χ4v) is 1.68. The lowest BCUT2D eigenvalue weighted by molar-refractivity contribution is -0.275. The van der Waals surface area contributed by atoms with Crippen LogP contribution in [0.15, 0.2) is 0 Å². The number of rotatable bonds is 1. The molecule has 1 fully saturated rings. The Labute approximate surface area is 116 Å². The van der Waals surface area contributed by atoms with E-state index in [1.165, 1.54) is 6.92 Å². The van der Waals surface area contributed by atoms with Crippen molar-refractivity contribution in [1.82, 2.24) is 0 Å². The number of ether oxygens (including phenoxy) is 3. The van der Waals surface area contributed by atoms with Crippen molar-refractivity contribution in [2.24, 2.45) is 5.73 Å². The van der Waals surface area contributed by atoms with Crippen molar-refractivity contribution in [1.29, 1.82) is 0 Å². The Kier molecular flexibility index (Phi) is 6.97. The van der Waals surface area contributed by atoms with E-state index >= 15 is 0 Å². The largest absolute Gasteiger partial charge is 0.460 e. The van der Waals surface area contributed by atoms with Gasteiger partial charge in [-0.1, -0.05) is 0 Å². The van der Waals surface area contributed by atoms with Gasteiger partial charge in [-0.2, -0.15) is 0 Å². The zero-order valence-corrected chi connectivity index (χ0v) is 13.3. The van der Waals surface area contributed by atoms with E-state index < -0.39 is 5.79 Å². The highest BCUT2D eigenvalue weighted by Gasteiger charge is 2.30. The minimum Gasteiger partial charge on any atom is -0.460 e. The maximum atomic E-state index is 10.2. The summed E-state index contributed by atoms with van der Waals surface area (Å²) in [7, 11) is 0. The Morgan fingerprint density at radius 1 is 1.42 bits per heavy atom. The zero-order chi connectivity index (χ0) is 15.3. The summed E-state index contributed by atoms with van der Waals surface area (Å²) in [5.41, 5.74) is 5.38. The Bertz CT molecular complexity index is 282. The molecule has 1 saturated heterocycles. The first-order chi connectivity index (χ1) is 8.43. The van der Waals surface area contributed by atoms with Crippen LogP contribution in [-0.2, 0) is 19.0 Å². The van der Waals surface area contributed by atoms with Gasteiger partial charge in [-0.15, -0.1) is 0 Å². The van der Waals surface area contributed by atoms with Gasteiger partial charge in [0.1, 0.15) is 5.60 Å². The molecule has 2 atom stereocenters. The van der Waals surface area contributed by atoms with Gasteiger partial charge in [-0.25, -0.2) is 0 Å². The molecular formula is C14H29NO4. The highest BCUT2D eigenvalue weighted by Crippen LogP contribution is 2.22. The van der Waals surface area contributed by atoms with Crippen LogP contribution in [0.5, 0.6) is 0 Å². The fourth-order valence-electron chi connectivity index (χ4n) is 1.68. The summed E-state index contributed by atoms with van der Waals surface area (Å²) in [5.74, 6) is -0.672. The summed E-state index contributed by atoms with van der Waals surface area (Å²) in [4.78, 5) is 10.2. The lowest BCUT2D eigenvalue weighted by Gasteiger charge is -2.37. The van der Waals surface area contributed by atoms with E-state index in [4.69, 9.17) is 19.9 Å². The van der Waals surface area contributed by atoms with Crippen LogP contribution in [0.1, 0.15) is 54.9 Å². The van der Waals surface area contributed by atoms with E-state index in [-0.39, 0.29) is 23.7 Å². The summed E-state index contributed by atoms with van der Waals surface area (Å²) in [6.45, 7) is 13.5. The van der Waals surface area contributed by atoms with Crippen molar-refractivity contribution < 1.29 is 19.0 Å². The Morgan fingerprint density at radius 3 is 2.16 bits per heavy atom. The van der Waals surface area contributed by atoms with Crippen LogP contribution in [0.4, 0.5) is 0 Å². The molecule has 1 aliphatic heterocycles. The molecule has 1 rings (SSSR count). The molecule has 2 N–H and O–H groups in total. The van der Waals surface area contributed by atoms with Crippen LogP contribution in [0.2, 0.25) is 0 Å². The van der Waals surface area contributed by atoms with E-state index in [0.717, 1.165) is 13.0 Å². The van der Waals surface area contributed by atoms with Gasteiger partial charge in [0.05, 0.1) is 12.7 Å². The quantitative estimate of drug-likeness (QED) is 0.743. The van der Waals surface area contributed by atoms with Crippen LogP contribution in [0.3, 0.4) is 0 Å².